The number of carboxylic acids is 1. The monoisotopic (exact) mass is 476 g/mol. The number of nitrogens with zero attached hydrogens (tertiary/aromatic N) is 2. The van der Waals surface area contributed by atoms with E-state index in [-0.39, 0.29) is 6.61 Å². The van der Waals surface area contributed by atoms with E-state index >= 15 is 0 Å². The number of carboxylic acid groups (broad SMARTS) is 1. The highest BCUT2D eigenvalue weighted by molar-refractivity contribution is 5.83. The molecule has 6 nitrogen and oxygen atoms in total. The molecule has 4 rings (SSSR count). The molecule has 1 aromatic heterocycles. The van der Waals surface area contributed by atoms with Crippen molar-refractivity contribution >= 4 is 5.97 Å². The Kier molecular flexibility index (Phi) is 8.59. The van der Waals surface area contributed by atoms with Crippen molar-refractivity contribution in [3.63, 3.8) is 0 Å². The molecule has 0 aliphatic heterocycles. The molecule has 0 amide bonds. The molecule has 186 valence electrons. The second-order valence-electron chi connectivity index (χ2n) is 9.50. The van der Waals surface area contributed by atoms with Crippen molar-refractivity contribution in [1.29, 1.82) is 0 Å². The molecule has 0 saturated heterocycles. The van der Waals surface area contributed by atoms with Crippen molar-refractivity contribution < 1.29 is 19.4 Å². The van der Waals surface area contributed by atoms with Crippen molar-refractivity contribution in [3.8, 4) is 28.1 Å². The zero-order valence-corrected chi connectivity index (χ0v) is 20.8. The standard InChI is InChI=1S/C29H36N2O4/c1-3-8-26-28(24-11-7-12-25(17-24)34-2)29(23-9-5-4-6-10-23)30-31(26)18-21-13-15-22(16-14-21)19-35-20-27(32)33/h4-7,9-12,17,21-22H,3,8,13-16,18-20H2,1-2H3,(H,32,33)/t21-,22-. The summed E-state index contributed by atoms with van der Waals surface area (Å²) in [6.45, 7) is 3.46. The van der Waals surface area contributed by atoms with E-state index in [4.69, 9.17) is 19.7 Å². The van der Waals surface area contributed by atoms with Gasteiger partial charge >= 0.3 is 5.97 Å². The molecule has 2 aromatic carbocycles. The van der Waals surface area contributed by atoms with Gasteiger partial charge in [0, 0.05) is 23.4 Å². The quantitative estimate of drug-likeness (QED) is 0.363. The first-order valence-electron chi connectivity index (χ1n) is 12.7. The van der Waals surface area contributed by atoms with E-state index in [1.165, 1.54) is 11.3 Å². The third-order valence-corrected chi connectivity index (χ3v) is 6.93. The summed E-state index contributed by atoms with van der Waals surface area (Å²) in [6, 6.07) is 18.7. The van der Waals surface area contributed by atoms with Gasteiger partial charge in [-0.05, 0) is 61.6 Å². The minimum absolute atomic E-state index is 0.205. The number of hydrogen-bond donors (Lipinski definition) is 1. The predicted molar refractivity (Wildman–Crippen MR) is 138 cm³/mol. The molecule has 35 heavy (non-hydrogen) atoms. The highest BCUT2D eigenvalue weighted by Gasteiger charge is 2.26. The Morgan fingerprint density at radius 3 is 2.43 bits per heavy atom. The Morgan fingerprint density at radius 2 is 1.74 bits per heavy atom. The van der Waals surface area contributed by atoms with Crippen LogP contribution in [0.1, 0.15) is 44.7 Å². The van der Waals surface area contributed by atoms with E-state index in [1.807, 2.05) is 18.2 Å². The zero-order valence-electron chi connectivity index (χ0n) is 20.8. The van der Waals surface area contributed by atoms with Gasteiger partial charge in [-0.15, -0.1) is 0 Å². The summed E-state index contributed by atoms with van der Waals surface area (Å²) >= 11 is 0. The SMILES string of the molecule is CCCc1c(-c2cccc(OC)c2)c(-c2ccccc2)nn1C[C@H]1CC[C@H](COCC(=O)O)CC1. The first kappa shape index (κ1) is 25.0. The van der Waals surface area contributed by atoms with Gasteiger partial charge in [0.15, 0.2) is 0 Å². The number of benzene rings is 2. The van der Waals surface area contributed by atoms with E-state index in [9.17, 15) is 4.79 Å². The summed E-state index contributed by atoms with van der Waals surface area (Å²) < 4.78 is 13.1. The number of ether oxygens (including phenoxy) is 2. The largest absolute Gasteiger partial charge is 0.497 e. The van der Waals surface area contributed by atoms with E-state index in [2.05, 4.69) is 48.0 Å². The third-order valence-electron chi connectivity index (χ3n) is 6.93. The normalized spacial score (nSPS) is 17.9. The maximum atomic E-state index is 10.7. The van der Waals surface area contributed by atoms with Gasteiger partial charge in [0.05, 0.1) is 13.7 Å². The summed E-state index contributed by atoms with van der Waals surface area (Å²) in [7, 11) is 1.71. The van der Waals surface area contributed by atoms with Gasteiger partial charge in [-0.25, -0.2) is 4.79 Å². The minimum Gasteiger partial charge on any atom is -0.497 e. The molecule has 0 atom stereocenters. The molecule has 0 unspecified atom stereocenters. The topological polar surface area (TPSA) is 73.6 Å². The molecule has 1 saturated carbocycles. The fraction of sp³-hybridized carbons (Fsp3) is 0.448. The van der Waals surface area contributed by atoms with Crippen LogP contribution in [0.4, 0.5) is 0 Å². The lowest BCUT2D eigenvalue weighted by Gasteiger charge is -2.28. The first-order chi connectivity index (χ1) is 17.1. The van der Waals surface area contributed by atoms with Crippen LogP contribution in [0.5, 0.6) is 5.75 Å². The number of methoxy groups -OCH3 is 1. The fourth-order valence-electron chi connectivity index (χ4n) is 5.16. The molecule has 1 aliphatic rings. The molecule has 0 spiro atoms. The van der Waals surface area contributed by atoms with Gasteiger partial charge in [-0.1, -0.05) is 55.8 Å². The molecule has 0 radical (unpaired) electrons. The van der Waals surface area contributed by atoms with Crippen molar-refractivity contribution in [2.75, 3.05) is 20.3 Å². The second-order valence-corrected chi connectivity index (χ2v) is 9.50. The summed E-state index contributed by atoms with van der Waals surface area (Å²) in [4.78, 5) is 10.7. The number of carbonyl (C=O) groups is 1. The molecule has 3 aromatic rings. The maximum Gasteiger partial charge on any atom is 0.329 e. The minimum atomic E-state index is -0.901. The molecule has 0 bridgehead atoms. The summed E-state index contributed by atoms with van der Waals surface area (Å²) in [5, 5.41) is 14.0. The van der Waals surface area contributed by atoms with Gasteiger partial charge in [-0.3, -0.25) is 4.68 Å². The number of hydrogen-bond acceptors (Lipinski definition) is 4. The zero-order chi connectivity index (χ0) is 24.6. The highest BCUT2D eigenvalue weighted by atomic mass is 16.5. The summed E-state index contributed by atoms with van der Waals surface area (Å²) in [5.74, 6) is 0.954. The Morgan fingerprint density at radius 1 is 1.03 bits per heavy atom. The molecule has 6 heteroatoms. The maximum absolute atomic E-state index is 10.7. The average molecular weight is 477 g/mol. The lowest BCUT2D eigenvalue weighted by molar-refractivity contribution is -0.142. The Balaban J connectivity index is 1.60. The van der Waals surface area contributed by atoms with Crippen LogP contribution in [0.3, 0.4) is 0 Å². The van der Waals surface area contributed by atoms with Crippen molar-refractivity contribution in [2.24, 2.45) is 11.8 Å². The van der Waals surface area contributed by atoms with E-state index in [0.717, 1.165) is 67.6 Å². The Labute approximate surface area is 207 Å². The summed E-state index contributed by atoms with van der Waals surface area (Å²) in [5.41, 5.74) is 5.77. The van der Waals surface area contributed by atoms with E-state index in [1.54, 1.807) is 7.11 Å². The third kappa shape index (κ3) is 6.31. The van der Waals surface area contributed by atoms with Crippen LogP contribution in [-0.4, -0.2) is 41.2 Å². The molecular weight excluding hydrogens is 440 g/mol. The second kappa shape index (κ2) is 12.0. The smallest absolute Gasteiger partial charge is 0.329 e. The number of aliphatic carboxylic acids is 1. The first-order valence-corrected chi connectivity index (χ1v) is 12.7. The van der Waals surface area contributed by atoms with Crippen LogP contribution in [0.25, 0.3) is 22.4 Å². The molecular formula is C29H36N2O4. The lowest BCUT2D eigenvalue weighted by Crippen LogP contribution is -2.23. The Hall–Kier alpha value is -3.12. The number of rotatable bonds is 11. The van der Waals surface area contributed by atoms with Crippen molar-refractivity contribution in [2.45, 2.75) is 52.0 Å². The Bertz CT molecular complexity index is 1100. The molecule has 1 fully saturated rings. The molecule has 1 heterocycles. The fourth-order valence-corrected chi connectivity index (χ4v) is 5.16. The van der Waals surface area contributed by atoms with Crippen molar-refractivity contribution in [3.05, 3.63) is 60.3 Å². The highest BCUT2D eigenvalue weighted by Crippen LogP contribution is 2.38. The van der Waals surface area contributed by atoms with Crippen LogP contribution in [-0.2, 0) is 22.5 Å². The van der Waals surface area contributed by atoms with Crippen LogP contribution >= 0.6 is 0 Å². The van der Waals surface area contributed by atoms with Crippen LogP contribution in [0.15, 0.2) is 54.6 Å². The lowest BCUT2D eigenvalue weighted by atomic mass is 9.82. The van der Waals surface area contributed by atoms with E-state index < -0.39 is 5.97 Å². The van der Waals surface area contributed by atoms with Gasteiger partial charge < -0.3 is 14.6 Å². The number of aromatic nitrogens is 2. The average Bonchev–Trinajstić information content (AvgIpc) is 3.23. The summed E-state index contributed by atoms with van der Waals surface area (Å²) in [6.07, 6.45) is 6.38. The van der Waals surface area contributed by atoms with Gasteiger partial charge in [0.1, 0.15) is 18.1 Å². The van der Waals surface area contributed by atoms with Crippen LogP contribution < -0.4 is 4.74 Å². The van der Waals surface area contributed by atoms with Gasteiger partial charge in [0.25, 0.3) is 0 Å². The van der Waals surface area contributed by atoms with Gasteiger partial charge in [-0.2, -0.15) is 5.10 Å². The molecule has 1 N–H and O–H groups in total. The van der Waals surface area contributed by atoms with Gasteiger partial charge in [0.2, 0.25) is 0 Å². The predicted octanol–water partition coefficient (Wildman–Crippen LogP) is 6.09. The van der Waals surface area contributed by atoms with Crippen LogP contribution in [0.2, 0.25) is 0 Å². The van der Waals surface area contributed by atoms with Crippen LogP contribution in [0, 0.1) is 11.8 Å². The van der Waals surface area contributed by atoms with Crippen molar-refractivity contribution in [1.82, 2.24) is 9.78 Å². The molecule has 1 aliphatic carbocycles. The van der Waals surface area contributed by atoms with E-state index in [0.29, 0.717) is 18.4 Å².